The molecule has 23 nitrogen and oxygen atoms in total. The summed E-state index contributed by atoms with van der Waals surface area (Å²) in [6.45, 7) is 8.51. The third-order valence-electron chi connectivity index (χ3n) is 26.0. The number of carbonyl (C=O) groups is 3. The number of halogens is 4. The summed E-state index contributed by atoms with van der Waals surface area (Å²) < 4.78 is 110. The highest BCUT2D eigenvalue weighted by Gasteiger charge is 2.54. The standard InChI is InChI=1S/C37H33FNO6P.C31H27BrFNO3.C30H27FNO6P.C12H18BO5P.CH4.2H2/c38-29-16-11-27(12-17-29)34(40)22-21-33-36(39(37(33)41)30-9-5-2-6-10-30)32-20-15-28(26-13-18-31(19-14-26)46(42,43)44)23-35(32)45-24-25-7-3-1-4-8-25;32-23-13-16-26(29(19-23)37-20-21-7-3-1-4-8-21)30-27(31(36)34(30)25-9-5-2-6-10-25)17-18-28(35)22-11-14-24(33)15-12-22;31-22-11-6-20(7-12-22)27(33)17-16-26-29(32(30(26)35)23-4-2-1-3-5-23)25-15-10-21(18-28(25)34)19-8-13-24(14-9-19)39(36,37)38;1-11(2)12(3,4)18-13(17-11)9-5-7-10(8-6-9)19(14,15)16;;;/h1-20,23,33-34,36,40H,21-22,24H2,(H2,42,43,44);1-16,19,27-28,30,35H,17-18,20H2;1-15,18,26-27,29,33-34H,16-17H2,(H2,36,37,38);5-8H,1-4H3,(H2,14,15,16);1H4;2*1H/t33-,34+,36-;27-,28+,30-;26-,27+,29-;;;;/m111..../s1/i;;;;;1+1D;. The van der Waals surface area contributed by atoms with Gasteiger partial charge in [-0.3, -0.25) is 28.1 Å². The molecule has 18 rings (SSSR count). The maximum absolute atomic E-state index is 13.7. The number of aliphatic hydroxyl groups excluding tert-OH is 3. The number of benzene rings is 14. The van der Waals surface area contributed by atoms with E-state index in [1.807, 2.05) is 221 Å². The van der Waals surface area contributed by atoms with E-state index in [-0.39, 0.29) is 90.9 Å². The molecule has 14 aromatic rings. The molecule has 14 aromatic carbocycles. The minimum atomic E-state index is -4.38. The Hall–Kier alpha value is -12.5. The summed E-state index contributed by atoms with van der Waals surface area (Å²) in [5.41, 5.74) is 11.1. The Morgan fingerprint density at radius 3 is 0.993 bits per heavy atom. The highest BCUT2D eigenvalue weighted by atomic mass is 79.9. The van der Waals surface area contributed by atoms with Gasteiger partial charge in [0.15, 0.2) is 0 Å². The molecule has 9 atom stereocenters. The number of aromatic hydroxyl groups is 1. The predicted molar refractivity (Wildman–Crippen MR) is 552 cm³/mol. The third kappa shape index (κ3) is 25.2. The van der Waals surface area contributed by atoms with Crippen molar-refractivity contribution in [3.8, 4) is 39.5 Å². The van der Waals surface area contributed by atoms with E-state index in [1.54, 1.807) is 88.7 Å². The Labute approximate surface area is 835 Å². The number of aliphatic hydroxyl groups is 3. The monoisotopic (exact) mass is 2050 g/mol. The summed E-state index contributed by atoms with van der Waals surface area (Å²) in [4.78, 5) is 102. The summed E-state index contributed by atoms with van der Waals surface area (Å²) in [6.07, 6.45) is -0.275. The molecule has 31 heteroatoms. The predicted octanol–water partition coefficient (Wildman–Crippen LogP) is 21.6. The molecule has 0 spiro atoms. The van der Waals surface area contributed by atoms with E-state index in [2.05, 4.69) is 15.9 Å². The summed E-state index contributed by atoms with van der Waals surface area (Å²) in [7, 11) is -13.5. The Morgan fingerprint density at radius 1 is 0.387 bits per heavy atom. The molecule has 0 unspecified atom stereocenters. The first kappa shape index (κ1) is 104. The van der Waals surface area contributed by atoms with Crippen molar-refractivity contribution < 1.29 is 114 Å². The number of phenolic OH excluding ortho intramolecular Hbond substituents is 1. The molecule has 4 heterocycles. The van der Waals surface area contributed by atoms with E-state index in [0.29, 0.717) is 89.3 Å². The van der Waals surface area contributed by atoms with Crippen molar-refractivity contribution in [2.75, 3.05) is 14.7 Å². The van der Waals surface area contributed by atoms with Crippen LogP contribution in [-0.4, -0.2) is 85.8 Å². The van der Waals surface area contributed by atoms with Crippen LogP contribution in [0.1, 0.15) is 159 Å². The second-order valence-electron chi connectivity index (χ2n) is 35.9. The number of carbonyl (C=O) groups excluding carboxylic acids is 3. The van der Waals surface area contributed by atoms with Gasteiger partial charge in [0.2, 0.25) is 17.7 Å². The van der Waals surface area contributed by atoms with Crippen molar-refractivity contribution in [2.24, 2.45) is 17.8 Å². The Balaban J connectivity index is 0.000000176. The van der Waals surface area contributed by atoms with E-state index in [0.717, 1.165) is 54.7 Å². The number of anilines is 3. The van der Waals surface area contributed by atoms with Crippen molar-refractivity contribution >= 4 is 102 Å². The van der Waals surface area contributed by atoms with Gasteiger partial charge in [0.05, 0.1) is 81.3 Å². The number of hydrogen-bond donors (Lipinski definition) is 10. The number of ether oxygens (including phenoxy) is 2. The van der Waals surface area contributed by atoms with Gasteiger partial charge < -0.3 is 83.3 Å². The fourth-order valence-corrected chi connectivity index (χ4v) is 19.6. The first-order chi connectivity index (χ1) is 68.4. The molecule has 0 radical (unpaired) electrons. The molecule has 10 N–H and O–H groups in total. The normalized spacial score (nSPS) is 18.0. The lowest BCUT2D eigenvalue weighted by atomic mass is 9.77. The summed E-state index contributed by atoms with van der Waals surface area (Å²) in [5, 5.41) is 43.2. The maximum atomic E-state index is 13.7. The number of para-hydroxylation sites is 3. The molecule has 0 aromatic heterocycles. The van der Waals surface area contributed by atoms with Crippen LogP contribution in [0, 0.1) is 35.2 Å². The van der Waals surface area contributed by atoms with E-state index in [4.69, 9.17) is 31.5 Å². The second-order valence-corrected chi connectivity index (χ2v) is 41.6. The number of hydrogen-bond acceptors (Lipinski definition) is 14. The smallest absolute Gasteiger partial charge is 0.494 e. The van der Waals surface area contributed by atoms with E-state index < -0.39 is 83.1 Å². The van der Waals surface area contributed by atoms with Gasteiger partial charge in [-0.1, -0.05) is 242 Å². The lowest BCUT2D eigenvalue weighted by molar-refractivity contribution is -0.131. The fraction of sp³-hybridized carbons (Fsp3) is 0.216. The zero-order valence-electron chi connectivity index (χ0n) is 79.2. The number of rotatable bonds is 30. The molecule has 0 saturated carbocycles. The third-order valence-corrected chi connectivity index (χ3v) is 29.4. The van der Waals surface area contributed by atoms with Gasteiger partial charge in [-0.25, -0.2) is 13.2 Å². The molecule has 4 saturated heterocycles. The van der Waals surface area contributed by atoms with E-state index >= 15 is 0 Å². The Morgan fingerprint density at radius 2 is 0.669 bits per heavy atom. The van der Waals surface area contributed by atoms with Crippen LogP contribution in [0.15, 0.2) is 356 Å². The minimum Gasteiger partial charge on any atom is -0.508 e. The van der Waals surface area contributed by atoms with Gasteiger partial charge in [0, 0.05) is 42.6 Å². The molecule has 4 aliphatic heterocycles. The molecule has 0 bridgehead atoms. The van der Waals surface area contributed by atoms with Gasteiger partial charge in [-0.05, 0) is 255 Å². The second kappa shape index (κ2) is 45.8. The zero-order valence-corrected chi connectivity index (χ0v) is 81.4. The topological polar surface area (TPSA) is 351 Å². The summed E-state index contributed by atoms with van der Waals surface area (Å²) >= 11 is 3.56. The lowest BCUT2D eigenvalue weighted by Gasteiger charge is -2.48. The molecule has 142 heavy (non-hydrogen) atoms. The summed E-state index contributed by atoms with van der Waals surface area (Å²) in [6, 6.07) is 98.7. The number of nitrogens with zero attached hydrogens (tertiary/aromatic N) is 3. The van der Waals surface area contributed by atoms with Crippen LogP contribution in [0.5, 0.6) is 17.2 Å². The Kier molecular flexibility index (Phi) is 33.5. The highest BCUT2D eigenvalue weighted by molar-refractivity contribution is 9.10. The number of phenols is 1. The first-order valence-corrected chi connectivity index (χ1v) is 51.4. The fourth-order valence-electron chi connectivity index (χ4n) is 17.7. The van der Waals surface area contributed by atoms with Crippen LogP contribution in [0.25, 0.3) is 22.3 Å². The first-order valence-electron chi connectivity index (χ1n) is 46.8. The molecular formula is C111H113BBrF3N3O20P3. The largest absolute Gasteiger partial charge is 0.508 e. The van der Waals surface area contributed by atoms with Gasteiger partial charge in [-0.2, -0.15) is 0 Å². The van der Waals surface area contributed by atoms with Crippen LogP contribution < -0.4 is 45.5 Å². The summed E-state index contributed by atoms with van der Waals surface area (Å²) in [5.74, 6) is -1.28. The van der Waals surface area contributed by atoms with Crippen molar-refractivity contribution in [3.63, 3.8) is 0 Å². The van der Waals surface area contributed by atoms with Crippen LogP contribution >= 0.6 is 38.7 Å². The number of β-lactam (4-membered cyclic amide) rings is 3. The molecular weight excluding hydrogens is 1940 g/mol. The van der Waals surface area contributed by atoms with Crippen molar-refractivity contribution in [2.45, 2.75) is 134 Å². The molecule has 4 aliphatic rings. The van der Waals surface area contributed by atoms with Crippen LogP contribution in [-0.2, 0) is 50.6 Å². The van der Waals surface area contributed by atoms with Crippen LogP contribution in [0.3, 0.4) is 0 Å². The van der Waals surface area contributed by atoms with E-state index in [1.165, 1.54) is 84.9 Å². The van der Waals surface area contributed by atoms with Crippen molar-refractivity contribution in [3.05, 3.63) is 418 Å². The molecule has 0 aliphatic carbocycles. The Bertz CT molecular complexity index is 6820. The number of amides is 3. The van der Waals surface area contributed by atoms with Gasteiger partial charge in [-0.15, -0.1) is 0 Å². The van der Waals surface area contributed by atoms with Gasteiger partial charge in [0.25, 0.3) is 0 Å². The minimum absolute atomic E-state index is 0. The van der Waals surface area contributed by atoms with Crippen LogP contribution in [0.4, 0.5) is 30.2 Å². The highest BCUT2D eigenvalue weighted by Crippen LogP contribution is 2.54. The maximum Gasteiger partial charge on any atom is 0.494 e. The lowest BCUT2D eigenvalue weighted by Crippen LogP contribution is -2.55. The zero-order chi connectivity index (χ0) is 102. The van der Waals surface area contributed by atoms with Crippen LogP contribution in [0.2, 0.25) is 0 Å². The van der Waals surface area contributed by atoms with Gasteiger partial charge in [0.1, 0.15) is 47.9 Å². The SMILES string of the molecule is C.CC1(C)OB(c2ccc(P(=O)(O)O)cc2)OC1(C)C.O=C1[C@H](CC[C@H](O)c2ccc(F)cc2)[C@@H](c2ccc(-c3ccc(P(=O)(O)O)cc3)cc2O)N1c1ccccc1.O=C1[C@H](CC[C@H](O)c2ccc(F)cc2)[C@@H](c2ccc(-c3ccc(P(=O)(O)O)cc3)cc2OCc2ccccc2)N1c1ccccc1.O=C1[C@H](CC[C@H](O)c2ccc(F)cc2)[C@@H](c2ccc(Br)cc2OCc2ccccc2)N1c1ccccc1.[2H][2H].[HH]. The quantitative estimate of drug-likeness (QED) is 0.0114. The van der Waals surface area contributed by atoms with Crippen molar-refractivity contribution in [1.82, 2.24) is 0 Å². The van der Waals surface area contributed by atoms with Gasteiger partial charge >= 0.3 is 29.9 Å². The average molecular weight is 2050 g/mol. The van der Waals surface area contributed by atoms with E-state index in [9.17, 15) is 81.2 Å². The molecule has 4 fully saturated rings. The van der Waals surface area contributed by atoms with Crippen molar-refractivity contribution in [1.29, 1.82) is 0 Å². The molecule has 3 amide bonds. The molecule has 738 valence electrons. The average Bonchev–Trinajstić information content (AvgIpc) is 1.65.